The Labute approximate surface area is 91.0 Å². The van der Waals surface area contributed by atoms with Crippen molar-refractivity contribution in [3.63, 3.8) is 0 Å². The fourth-order valence-corrected chi connectivity index (χ4v) is 1.35. The SMILES string of the molecule is COc1cc(CCl)c(C#N)cc1[N+](=O)[O-]. The molecule has 6 heteroatoms. The van der Waals surface area contributed by atoms with Gasteiger partial charge in [-0.3, -0.25) is 10.1 Å². The lowest BCUT2D eigenvalue weighted by atomic mass is 10.1. The van der Waals surface area contributed by atoms with E-state index in [9.17, 15) is 10.1 Å². The van der Waals surface area contributed by atoms with E-state index in [0.717, 1.165) is 6.07 Å². The average molecular weight is 227 g/mol. The van der Waals surface area contributed by atoms with Gasteiger partial charge in [0.05, 0.1) is 23.7 Å². The van der Waals surface area contributed by atoms with Crippen LogP contribution < -0.4 is 4.74 Å². The Morgan fingerprint density at radius 1 is 1.67 bits per heavy atom. The molecule has 0 amide bonds. The number of ether oxygens (including phenoxy) is 1. The van der Waals surface area contributed by atoms with Crippen molar-refractivity contribution in [3.8, 4) is 11.8 Å². The predicted molar refractivity (Wildman–Crippen MR) is 53.9 cm³/mol. The van der Waals surface area contributed by atoms with Crippen molar-refractivity contribution in [2.75, 3.05) is 7.11 Å². The number of nitro groups is 1. The molecule has 0 unspecified atom stereocenters. The van der Waals surface area contributed by atoms with Gasteiger partial charge in [-0.25, -0.2) is 0 Å². The standard InChI is InChI=1S/C9H7ClN2O3/c1-15-9-3-6(4-10)7(5-11)2-8(9)12(13)14/h2-3H,4H2,1H3. The Bertz CT molecular complexity index is 440. The van der Waals surface area contributed by atoms with Crippen LogP contribution in [0, 0.1) is 21.4 Å². The highest BCUT2D eigenvalue weighted by atomic mass is 35.5. The number of rotatable bonds is 3. The zero-order chi connectivity index (χ0) is 11.4. The van der Waals surface area contributed by atoms with Crippen LogP contribution in [0.15, 0.2) is 12.1 Å². The minimum absolute atomic E-state index is 0.106. The molecule has 0 atom stereocenters. The molecule has 0 aliphatic carbocycles. The number of hydrogen-bond acceptors (Lipinski definition) is 4. The molecule has 5 nitrogen and oxygen atoms in total. The van der Waals surface area contributed by atoms with Crippen LogP contribution in [0.1, 0.15) is 11.1 Å². The molecule has 1 aromatic carbocycles. The van der Waals surface area contributed by atoms with E-state index >= 15 is 0 Å². The van der Waals surface area contributed by atoms with Crippen LogP contribution in [0.25, 0.3) is 0 Å². The third kappa shape index (κ3) is 2.17. The van der Waals surface area contributed by atoms with Crippen molar-refractivity contribution in [1.29, 1.82) is 5.26 Å². The van der Waals surface area contributed by atoms with E-state index in [0.29, 0.717) is 5.56 Å². The van der Waals surface area contributed by atoms with Crippen molar-refractivity contribution in [1.82, 2.24) is 0 Å². The summed E-state index contributed by atoms with van der Waals surface area (Å²) in [5, 5.41) is 19.4. The maximum Gasteiger partial charge on any atom is 0.312 e. The van der Waals surface area contributed by atoms with Gasteiger partial charge in [0.1, 0.15) is 0 Å². The fraction of sp³-hybridized carbons (Fsp3) is 0.222. The van der Waals surface area contributed by atoms with E-state index in [1.54, 1.807) is 0 Å². The molecule has 0 aliphatic rings. The number of alkyl halides is 1. The smallest absolute Gasteiger partial charge is 0.312 e. The first-order chi connectivity index (χ1) is 7.13. The highest BCUT2D eigenvalue weighted by Crippen LogP contribution is 2.30. The van der Waals surface area contributed by atoms with Crippen LogP contribution in [-0.2, 0) is 5.88 Å². The highest BCUT2D eigenvalue weighted by molar-refractivity contribution is 6.17. The van der Waals surface area contributed by atoms with E-state index in [2.05, 4.69) is 0 Å². The highest BCUT2D eigenvalue weighted by Gasteiger charge is 2.18. The molecule has 1 rings (SSSR count). The molecule has 0 N–H and O–H groups in total. The summed E-state index contributed by atoms with van der Waals surface area (Å²) in [6.07, 6.45) is 0. The zero-order valence-electron chi connectivity index (χ0n) is 7.86. The lowest BCUT2D eigenvalue weighted by molar-refractivity contribution is -0.385. The molecule has 78 valence electrons. The average Bonchev–Trinajstić information content (AvgIpc) is 2.26. The minimum atomic E-state index is -0.600. The van der Waals surface area contributed by atoms with Gasteiger partial charge < -0.3 is 4.74 Å². The fourth-order valence-electron chi connectivity index (χ4n) is 1.13. The molecule has 0 aliphatic heterocycles. The maximum absolute atomic E-state index is 10.6. The molecule has 0 heterocycles. The van der Waals surface area contributed by atoms with Crippen LogP contribution in [0.2, 0.25) is 0 Å². The summed E-state index contributed by atoms with van der Waals surface area (Å²) in [5.41, 5.74) is 0.474. The summed E-state index contributed by atoms with van der Waals surface area (Å²) in [5.74, 6) is 0.215. The predicted octanol–water partition coefficient (Wildman–Crippen LogP) is 2.21. The molecular formula is C9H7ClN2O3. The molecule has 0 saturated heterocycles. The second-order valence-corrected chi connectivity index (χ2v) is 2.95. The topological polar surface area (TPSA) is 76.2 Å². The van der Waals surface area contributed by atoms with Gasteiger partial charge in [0.15, 0.2) is 5.75 Å². The quantitative estimate of drug-likeness (QED) is 0.450. The first-order valence-electron chi connectivity index (χ1n) is 3.95. The van der Waals surface area contributed by atoms with Crippen molar-refractivity contribution in [2.24, 2.45) is 0 Å². The minimum Gasteiger partial charge on any atom is -0.490 e. The third-order valence-corrected chi connectivity index (χ3v) is 2.15. The van der Waals surface area contributed by atoms with Crippen LogP contribution in [0.3, 0.4) is 0 Å². The summed E-state index contributed by atoms with van der Waals surface area (Å²) < 4.78 is 4.84. The second kappa shape index (κ2) is 4.62. The lowest BCUT2D eigenvalue weighted by Crippen LogP contribution is -1.97. The number of methoxy groups -OCH3 is 1. The zero-order valence-corrected chi connectivity index (χ0v) is 8.61. The molecule has 0 spiro atoms. The van der Waals surface area contributed by atoms with Crippen LogP contribution in [0.4, 0.5) is 5.69 Å². The van der Waals surface area contributed by atoms with Gasteiger partial charge in [-0.05, 0) is 11.6 Å². The molecule has 0 bridgehead atoms. The number of nitrogens with zero attached hydrogens (tertiary/aromatic N) is 2. The van der Waals surface area contributed by atoms with Crippen LogP contribution >= 0.6 is 11.6 Å². The van der Waals surface area contributed by atoms with Crippen LogP contribution in [0.5, 0.6) is 5.75 Å². The number of halogens is 1. The summed E-state index contributed by atoms with van der Waals surface area (Å²) in [6.45, 7) is 0. The summed E-state index contributed by atoms with van der Waals surface area (Å²) >= 11 is 5.60. The van der Waals surface area contributed by atoms with Gasteiger partial charge in [-0.15, -0.1) is 11.6 Å². The molecular weight excluding hydrogens is 220 g/mol. The lowest BCUT2D eigenvalue weighted by Gasteiger charge is -2.04. The van der Waals surface area contributed by atoms with E-state index in [1.807, 2.05) is 6.07 Å². The van der Waals surface area contributed by atoms with Crippen molar-refractivity contribution >= 4 is 17.3 Å². The second-order valence-electron chi connectivity index (χ2n) is 2.68. The van der Waals surface area contributed by atoms with Gasteiger partial charge in [0, 0.05) is 11.9 Å². The normalized spacial score (nSPS) is 9.40. The van der Waals surface area contributed by atoms with Gasteiger partial charge >= 0.3 is 5.69 Å². The Balaban J connectivity index is 3.42. The third-order valence-electron chi connectivity index (χ3n) is 1.87. The molecule has 0 saturated carbocycles. The first kappa shape index (κ1) is 11.3. The molecule has 15 heavy (non-hydrogen) atoms. The number of hydrogen-bond donors (Lipinski definition) is 0. The number of benzene rings is 1. The summed E-state index contributed by atoms with van der Waals surface area (Å²) in [7, 11) is 1.33. The number of nitro benzene ring substituents is 1. The molecule has 0 aromatic heterocycles. The van der Waals surface area contributed by atoms with E-state index in [-0.39, 0.29) is 22.9 Å². The van der Waals surface area contributed by atoms with Crippen molar-refractivity contribution in [3.05, 3.63) is 33.4 Å². The van der Waals surface area contributed by atoms with Gasteiger partial charge in [0.2, 0.25) is 0 Å². The van der Waals surface area contributed by atoms with Gasteiger partial charge in [-0.2, -0.15) is 5.26 Å². The largest absolute Gasteiger partial charge is 0.490 e. The Morgan fingerprint density at radius 3 is 2.73 bits per heavy atom. The van der Waals surface area contributed by atoms with Gasteiger partial charge in [0.25, 0.3) is 0 Å². The van der Waals surface area contributed by atoms with Gasteiger partial charge in [-0.1, -0.05) is 0 Å². The van der Waals surface area contributed by atoms with Crippen LogP contribution in [-0.4, -0.2) is 12.0 Å². The van der Waals surface area contributed by atoms with Crippen molar-refractivity contribution < 1.29 is 9.66 Å². The summed E-state index contributed by atoms with van der Waals surface area (Å²) in [4.78, 5) is 10.0. The maximum atomic E-state index is 10.6. The van der Waals surface area contributed by atoms with E-state index in [4.69, 9.17) is 21.6 Å². The summed E-state index contributed by atoms with van der Waals surface area (Å²) in [6, 6.07) is 4.42. The Morgan fingerprint density at radius 2 is 2.33 bits per heavy atom. The first-order valence-corrected chi connectivity index (χ1v) is 4.48. The molecule has 1 aromatic rings. The Kier molecular flexibility index (Phi) is 3.47. The monoisotopic (exact) mass is 226 g/mol. The number of nitriles is 1. The Hall–Kier alpha value is -1.80. The molecule has 0 radical (unpaired) electrons. The van der Waals surface area contributed by atoms with E-state index in [1.165, 1.54) is 13.2 Å². The van der Waals surface area contributed by atoms with E-state index < -0.39 is 4.92 Å². The van der Waals surface area contributed by atoms with Crippen molar-refractivity contribution in [2.45, 2.75) is 5.88 Å². The molecule has 0 fully saturated rings.